The first-order valence-corrected chi connectivity index (χ1v) is 6.89. The van der Waals surface area contributed by atoms with Gasteiger partial charge in [0.15, 0.2) is 0 Å². The van der Waals surface area contributed by atoms with Gasteiger partial charge in [0.1, 0.15) is 0 Å². The van der Waals surface area contributed by atoms with Gasteiger partial charge >= 0.3 is 0 Å². The summed E-state index contributed by atoms with van der Waals surface area (Å²) >= 11 is 0. The maximum absolute atomic E-state index is 5.44. The van der Waals surface area contributed by atoms with E-state index in [1.165, 1.54) is 5.56 Å². The third kappa shape index (κ3) is 4.55. The van der Waals surface area contributed by atoms with Gasteiger partial charge in [-0.25, -0.2) is 0 Å². The number of benzene rings is 1. The summed E-state index contributed by atoms with van der Waals surface area (Å²) in [5.74, 6) is 6.41. The highest BCUT2D eigenvalue weighted by atomic mass is 14.5. The van der Waals surface area contributed by atoms with Crippen LogP contribution in [0, 0.1) is 11.8 Å². The van der Waals surface area contributed by atoms with Crippen molar-refractivity contribution in [1.82, 2.24) is 0 Å². The minimum Gasteiger partial charge on any atom is -0.330 e. The second-order valence-corrected chi connectivity index (χ2v) is 5.36. The van der Waals surface area contributed by atoms with Crippen LogP contribution < -0.4 is 5.73 Å². The van der Waals surface area contributed by atoms with Crippen LogP contribution in [-0.4, -0.2) is 6.54 Å². The molecule has 0 aliphatic carbocycles. The molecular weight excluding hydrogens is 218 g/mol. The molecule has 98 valence electrons. The summed E-state index contributed by atoms with van der Waals surface area (Å²) in [4.78, 5) is 0. The molecule has 0 saturated carbocycles. The van der Waals surface area contributed by atoms with Crippen molar-refractivity contribution in [2.45, 2.75) is 51.9 Å². The Morgan fingerprint density at radius 2 is 1.78 bits per heavy atom. The largest absolute Gasteiger partial charge is 0.330 e. The standard InChI is InChI=1S/C17H25N/c1-4-17(2,3)16-12-10-15(11-13-16)9-7-5-6-8-14-18/h10-13H,4-6,8,14,18H2,1-3H3. The van der Waals surface area contributed by atoms with Crippen molar-refractivity contribution in [3.8, 4) is 11.8 Å². The Morgan fingerprint density at radius 3 is 2.33 bits per heavy atom. The number of nitrogens with two attached hydrogens (primary N) is 1. The van der Waals surface area contributed by atoms with E-state index in [1.807, 2.05) is 0 Å². The summed E-state index contributed by atoms with van der Waals surface area (Å²) in [7, 11) is 0. The van der Waals surface area contributed by atoms with Gasteiger partial charge in [-0.2, -0.15) is 0 Å². The van der Waals surface area contributed by atoms with Crippen LogP contribution >= 0.6 is 0 Å². The van der Waals surface area contributed by atoms with Crippen LogP contribution in [0.4, 0.5) is 0 Å². The second kappa shape index (κ2) is 7.24. The van der Waals surface area contributed by atoms with Crippen molar-refractivity contribution >= 4 is 0 Å². The summed E-state index contributed by atoms with van der Waals surface area (Å²) in [5, 5.41) is 0. The molecule has 0 amide bonds. The zero-order chi connectivity index (χ0) is 13.4. The fourth-order valence-electron chi connectivity index (χ4n) is 1.73. The molecule has 1 nitrogen and oxygen atoms in total. The number of hydrogen-bond donors (Lipinski definition) is 1. The molecule has 0 bridgehead atoms. The van der Waals surface area contributed by atoms with Gasteiger partial charge in [0.2, 0.25) is 0 Å². The van der Waals surface area contributed by atoms with E-state index in [9.17, 15) is 0 Å². The monoisotopic (exact) mass is 243 g/mol. The van der Waals surface area contributed by atoms with Crippen LogP contribution in [0.25, 0.3) is 0 Å². The molecule has 18 heavy (non-hydrogen) atoms. The Labute approximate surface area is 112 Å². The molecule has 0 radical (unpaired) electrons. The summed E-state index contributed by atoms with van der Waals surface area (Å²) in [6.45, 7) is 7.55. The first-order valence-electron chi connectivity index (χ1n) is 6.89. The lowest BCUT2D eigenvalue weighted by Gasteiger charge is -2.23. The molecule has 0 heterocycles. The van der Waals surface area contributed by atoms with Gasteiger partial charge in [0.05, 0.1) is 0 Å². The smallest absolute Gasteiger partial charge is 0.0245 e. The lowest BCUT2D eigenvalue weighted by atomic mass is 9.82. The minimum absolute atomic E-state index is 0.257. The molecule has 2 N–H and O–H groups in total. The topological polar surface area (TPSA) is 26.0 Å². The van der Waals surface area contributed by atoms with E-state index in [4.69, 9.17) is 5.73 Å². The molecule has 0 unspecified atom stereocenters. The third-order valence-corrected chi connectivity index (χ3v) is 3.54. The zero-order valence-electron chi connectivity index (χ0n) is 11.9. The van der Waals surface area contributed by atoms with Crippen molar-refractivity contribution in [2.24, 2.45) is 5.73 Å². The highest BCUT2D eigenvalue weighted by Gasteiger charge is 2.16. The van der Waals surface area contributed by atoms with E-state index in [0.29, 0.717) is 0 Å². The minimum atomic E-state index is 0.257. The molecule has 0 fully saturated rings. The van der Waals surface area contributed by atoms with E-state index in [0.717, 1.165) is 37.8 Å². The van der Waals surface area contributed by atoms with E-state index >= 15 is 0 Å². The van der Waals surface area contributed by atoms with Gasteiger partial charge in [0.25, 0.3) is 0 Å². The number of rotatable bonds is 5. The van der Waals surface area contributed by atoms with Gasteiger partial charge in [-0.1, -0.05) is 44.7 Å². The Kier molecular flexibility index (Phi) is 5.95. The van der Waals surface area contributed by atoms with Gasteiger partial charge in [-0.15, -0.1) is 0 Å². The molecule has 0 aromatic heterocycles. The maximum Gasteiger partial charge on any atom is 0.0245 e. The molecule has 1 rings (SSSR count). The predicted octanol–water partition coefficient (Wildman–Crippen LogP) is 3.85. The van der Waals surface area contributed by atoms with Gasteiger partial charge in [-0.05, 0) is 48.9 Å². The Balaban J connectivity index is 2.60. The quantitative estimate of drug-likeness (QED) is 0.617. The average Bonchev–Trinajstić information content (AvgIpc) is 2.39. The van der Waals surface area contributed by atoms with Crippen LogP contribution in [0.5, 0.6) is 0 Å². The fraction of sp³-hybridized carbons (Fsp3) is 0.529. The van der Waals surface area contributed by atoms with Gasteiger partial charge in [0, 0.05) is 12.0 Å². The molecular formula is C17H25N. The molecule has 0 spiro atoms. The lowest BCUT2D eigenvalue weighted by Crippen LogP contribution is -2.14. The van der Waals surface area contributed by atoms with E-state index in [1.54, 1.807) is 0 Å². The molecule has 1 aromatic rings. The highest BCUT2D eigenvalue weighted by molar-refractivity contribution is 5.38. The number of unbranched alkanes of at least 4 members (excludes halogenated alkanes) is 2. The van der Waals surface area contributed by atoms with Crippen LogP contribution in [0.1, 0.15) is 57.6 Å². The Bertz CT molecular complexity index is 403. The van der Waals surface area contributed by atoms with Crippen molar-refractivity contribution in [2.75, 3.05) is 6.54 Å². The van der Waals surface area contributed by atoms with Crippen LogP contribution in [-0.2, 0) is 5.41 Å². The highest BCUT2D eigenvalue weighted by Crippen LogP contribution is 2.26. The van der Waals surface area contributed by atoms with Crippen molar-refractivity contribution in [3.63, 3.8) is 0 Å². The average molecular weight is 243 g/mol. The third-order valence-electron chi connectivity index (χ3n) is 3.54. The Morgan fingerprint density at radius 1 is 1.11 bits per heavy atom. The maximum atomic E-state index is 5.44. The SMILES string of the molecule is CCC(C)(C)c1ccc(C#CCCCCN)cc1. The van der Waals surface area contributed by atoms with Gasteiger partial charge < -0.3 is 5.73 Å². The van der Waals surface area contributed by atoms with Crippen LogP contribution in [0.15, 0.2) is 24.3 Å². The van der Waals surface area contributed by atoms with E-state index in [2.05, 4.69) is 56.9 Å². The fourth-order valence-corrected chi connectivity index (χ4v) is 1.73. The molecule has 0 saturated heterocycles. The zero-order valence-corrected chi connectivity index (χ0v) is 11.9. The second-order valence-electron chi connectivity index (χ2n) is 5.36. The van der Waals surface area contributed by atoms with Crippen LogP contribution in [0.2, 0.25) is 0 Å². The van der Waals surface area contributed by atoms with E-state index < -0.39 is 0 Å². The predicted molar refractivity (Wildman–Crippen MR) is 79.5 cm³/mol. The van der Waals surface area contributed by atoms with Crippen LogP contribution in [0.3, 0.4) is 0 Å². The van der Waals surface area contributed by atoms with Crippen molar-refractivity contribution in [3.05, 3.63) is 35.4 Å². The van der Waals surface area contributed by atoms with Gasteiger partial charge in [-0.3, -0.25) is 0 Å². The summed E-state index contributed by atoms with van der Waals surface area (Å²) in [6.07, 6.45) is 4.26. The molecule has 0 aliphatic heterocycles. The molecule has 0 aliphatic rings. The normalized spacial score (nSPS) is 10.9. The van der Waals surface area contributed by atoms with E-state index in [-0.39, 0.29) is 5.41 Å². The Hall–Kier alpha value is -1.26. The molecule has 1 heteroatoms. The first-order chi connectivity index (χ1) is 8.60. The van der Waals surface area contributed by atoms with Crippen molar-refractivity contribution < 1.29 is 0 Å². The number of hydrogen-bond acceptors (Lipinski definition) is 1. The summed E-state index contributed by atoms with van der Waals surface area (Å²) in [5.41, 5.74) is 8.20. The lowest BCUT2D eigenvalue weighted by molar-refractivity contribution is 0.506. The summed E-state index contributed by atoms with van der Waals surface area (Å²) in [6, 6.07) is 8.66. The van der Waals surface area contributed by atoms with Crippen molar-refractivity contribution in [1.29, 1.82) is 0 Å². The molecule has 1 aromatic carbocycles. The summed E-state index contributed by atoms with van der Waals surface area (Å²) < 4.78 is 0. The molecule has 0 atom stereocenters. The first kappa shape index (κ1) is 14.8.